The third-order valence-corrected chi connectivity index (χ3v) is 4.01. The molecular weight excluding hydrogens is 264 g/mol. The summed E-state index contributed by atoms with van der Waals surface area (Å²) >= 11 is 1.36. The molecule has 0 saturated carbocycles. The highest BCUT2D eigenvalue weighted by atomic mass is 32.1. The molecule has 1 aromatic heterocycles. The van der Waals surface area contributed by atoms with Gasteiger partial charge in [-0.25, -0.2) is 5.43 Å². The lowest BCUT2D eigenvalue weighted by Gasteiger charge is -2.11. The minimum atomic E-state index is -0.377. The Morgan fingerprint density at radius 2 is 2.21 bits per heavy atom. The van der Waals surface area contributed by atoms with Crippen molar-refractivity contribution in [2.45, 2.75) is 26.7 Å². The number of nitriles is 1. The maximum absolute atomic E-state index is 12.0. The second-order valence-corrected chi connectivity index (χ2v) is 5.37. The SMILES string of the molecule is Cc1sc(NC(=O)C2=NNC(=O)CC2)c(C#N)c1C. The van der Waals surface area contributed by atoms with Crippen molar-refractivity contribution >= 4 is 33.9 Å². The first kappa shape index (κ1) is 13.2. The Bertz CT molecular complexity index is 624. The number of anilines is 1. The second kappa shape index (κ2) is 5.20. The number of thiophene rings is 1. The third-order valence-electron chi connectivity index (χ3n) is 2.89. The fourth-order valence-electron chi connectivity index (χ4n) is 1.66. The molecule has 0 atom stereocenters. The third kappa shape index (κ3) is 2.63. The highest BCUT2D eigenvalue weighted by molar-refractivity contribution is 7.16. The van der Waals surface area contributed by atoms with Gasteiger partial charge < -0.3 is 5.32 Å². The fraction of sp³-hybridized carbons (Fsp3) is 0.333. The molecule has 0 saturated heterocycles. The number of hydrazone groups is 1. The molecule has 1 aliphatic heterocycles. The van der Waals surface area contributed by atoms with E-state index in [1.807, 2.05) is 13.8 Å². The molecule has 2 N–H and O–H groups in total. The van der Waals surface area contributed by atoms with Crippen molar-refractivity contribution in [1.29, 1.82) is 5.26 Å². The molecular formula is C12H12N4O2S. The number of nitrogens with one attached hydrogen (secondary N) is 2. The molecule has 2 amide bonds. The summed E-state index contributed by atoms with van der Waals surface area (Å²) in [6.07, 6.45) is 0.558. The Kier molecular flexibility index (Phi) is 3.62. The van der Waals surface area contributed by atoms with Gasteiger partial charge in [0.25, 0.3) is 5.91 Å². The smallest absolute Gasteiger partial charge is 0.272 e. The number of carbonyl (C=O) groups is 2. The summed E-state index contributed by atoms with van der Waals surface area (Å²) in [5, 5.41) is 16.0. The van der Waals surface area contributed by atoms with E-state index < -0.39 is 0 Å². The van der Waals surface area contributed by atoms with Gasteiger partial charge in [0.05, 0.1) is 5.56 Å². The zero-order valence-corrected chi connectivity index (χ0v) is 11.3. The summed E-state index contributed by atoms with van der Waals surface area (Å²) < 4.78 is 0. The molecule has 1 aromatic rings. The minimum absolute atomic E-state index is 0.197. The van der Waals surface area contributed by atoms with Gasteiger partial charge in [-0.15, -0.1) is 11.3 Å². The van der Waals surface area contributed by atoms with Crippen molar-refractivity contribution in [3.05, 3.63) is 16.0 Å². The standard InChI is InChI=1S/C12H12N4O2S/c1-6-7(2)19-12(8(6)5-13)14-11(18)9-3-4-10(17)16-15-9/h3-4H2,1-2H3,(H,14,18)(H,16,17). The van der Waals surface area contributed by atoms with E-state index in [-0.39, 0.29) is 23.9 Å². The summed E-state index contributed by atoms with van der Waals surface area (Å²) in [6, 6.07) is 2.09. The van der Waals surface area contributed by atoms with Crippen molar-refractivity contribution in [2.24, 2.45) is 5.10 Å². The Morgan fingerprint density at radius 3 is 2.79 bits per heavy atom. The number of hydrogen-bond acceptors (Lipinski definition) is 5. The van der Waals surface area contributed by atoms with Gasteiger partial charge in [-0.05, 0) is 19.4 Å². The van der Waals surface area contributed by atoms with E-state index >= 15 is 0 Å². The molecule has 98 valence electrons. The average molecular weight is 276 g/mol. The Hall–Kier alpha value is -2.20. The summed E-state index contributed by atoms with van der Waals surface area (Å²) in [7, 11) is 0. The van der Waals surface area contributed by atoms with Crippen LogP contribution < -0.4 is 10.7 Å². The lowest BCUT2D eigenvalue weighted by atomic mass is 10.1. The van der Waals surface area contributed by atoms with Crippen LogP contribution in [0.25, 0.3) is 0 Å². The number of aryl methyl sites for hydroxylation is 1. The van der Waals surface area contributed by atoms with E-state index in [0.29, 0.717) is 17.0 Å². The van der Waals surface area contributed by atoms with Crippen LogP contribution in [0.15, 0.2) is 5.10 Å². The molecule has 0 spiro atoms. The number of amides is 2. The molecule has 0 fully saturated rings. The van der Waals surface area contributed by atoms with E-state index in [4.69, 9.17) is 5.26 Å². The average Bonchev–Trinajstić information content (AvgIpc) is 2.65. The highest BCUT2D eigenvalue weighted by Crippen LogP contribution is 2.31. The number of nitrogens with zero attached hydrogens (tertiary/aromatic N) is 2. The van der Waals surface area contributed by atoms with E-state index in [1.54, 1.807) is 0 Å². The van der Waals surface area contributed by atoms with E-state index in [0.717, 1.165) is 10.4 Å². The summed E-state index contributed by atoms with van der Waals surface area (Å²) in [5.41, 5.74) is 3.90. The maximum Gasteiger partial charge on any atom is 0.272 e. The van der Waals surface area contributed by atoms with Crippen LogP contribution in [-0.2, 0) is 9.59 Å². The van der Waals surface area contributed by atoms with Crippen LogP contribution in [0, 0.1) is 25.2 Å². The molecule has 7 heteroatoms. The van der Waals surface area contributed by atoms with Crippen LogP contribution >= 0.6 is 11.3 Å². The predicted molar refractivity (Wildman–Crippen MR) is 71.9 cm³/mol. The number of carbonyl (C=O) groups excluding carboxylic acids is 2. The van der Waals surface area contributed by atoms with E-state index in [9.17, 15) is 9.59 Å². The normalized spacial score (nSPS) is 14.4. The molecule has 6 nitrogen and oxygen atoms in total. The minimum Gasteiger partial charge on any atom is -0.311 e. The fourth-order valence-corrected chi connectivity index (χ4v) is 2.67. The molecule has 1 aliphatic rings. The van der Waals surface area contributed by atoms with Gasteiger partial charge in [0.15, 0.2) is 0 Å². The van der Waals surface area contributed by atoms with Gasteiger partial charge >= 0.3 is 0 Å². The van der Waals surface area contributed by atoms with Crippen LogP contribution in [0.1, 0.15) is 28.8 Å². The Morgan fingerprint density at radius 1 is 1.47 bits per heavy atom. The first-order valence-electron chi connectivity index (χ1n) is 5.69. The zero-order chi connectivity index (χ0) is 14.0. The molecule has 19 heavy (non-hydrogen) atoms. The van der Waals surface area contributed by atoms with Crippen molar-refractivity contribution in [1.82, 2.24) is 5.43 Å². The number of rotatable bonds is 2. The molecule has 0 aliphatic carbocycles. The van der Waals surface area contributed by atoms with Crippen molar-refractivity contribution < 1.29 is 9.59 Å². The molecule has 0 bridgehead atoms. The van der Waals surface area contributed by atoms with E-state index in [2.05, 4.69) is 21.9 Å². The van der Waals surface area contributed by atoms with Crippen molar-refractivity contribution in [2.75, 3.05) is 5.32 Å². The summed E-state index contributed by atoms with van der Waals surface area (Å²) in [6.45, 7) is 3.74. The van der Waals surface area contributed by atoms with Crippen LogP contribution in [-0.4, -0.2) is 17.5 Å². The monoisotopic (exact) mass is 276 g/mol. The van der Waals surface area contributed by atoms with Crippen LogP contribution in [0.5, 0.6) is 0 Å². The van der Waals surface area contributed by atoms with Gasteiger partial charge in [-0.2, -0.15) is 10.4 Å². The zero-order valence-electron chi connectivity index (χ0n) is 10.5. The van der Waals surface area contributed by atoms with Gasteiger partial charge in [0.1, 0.15) is 16.8 Å². The predicted octanol–water partition coefficient (Wildman–Crippen LogP) is 1.44. The lowest BCUT2D eigenvalue weighted by Crippen LogP contribution is -2.32. The van der Waals surface area contributed by atoms with Crippen LogP contribution in [0.3, 0.4) is 0 Å². The van der Waals surface area contributed by atoms with Crippen LogP contribution in [0.2, 0.25) is 0 Å². The molecule has 0 aromatic carbocycles. The lowest BCUT2D eigenvalue weighted by molar-refractivity contribution is -0.121. The van der Waals surface area contributed by atoms with Gasteiger partial charge in [0, 0.05) is 17.7 Å². The van der Waals surface area contributed by atoms with Gasteiger partial charge in [-0.1, -0.05) is 0 Å². The van der Waals surface area contributed by atoms with Gasteiger partial charge in [0.2, 0.25) is 5.91 Å². The molecule has 2 heterocycles. The first-order valence-corrected chi connectivity index (χ1v) is 6.51. The molecule has 2 rings (SSSR count). The largest absolute Gasteiger partial charge is 0.311 e. The van der Waals surface area contributed by atoms with Crippen molar-refractivity contribution in [3.63, 3.8) is 0 Å². The Balaban J connectivity index is 2.18. The molecule has 0 unspecified atom stereocenters. The second-order valence-electron chi connectivity index (χ2n) is 4.15. The van der Waals surface area contributed by atoms with E-state index in [1.165, 1.54) is 11.3 Å². The summed E-state index contributed by atoms with van der Waals surface area (Å²) in [5.74, 6) is -0.574. The van der Waals surface area contributed by atoms with Crippen molar-refractivity contribution in [3.8, 4) is 6.07 Å². The maximum atomic E-state index is 12.0. The first-order chi connectivity index (χ1) is 9.02. The van der Waals surface area contributed by atoms with Gasteiger partial charge in [-0.3, -0.25) is 9.59 Å². The highest BCUT2D eigenvalue weighted by Gasteiger charge is 2.21. The quantitative estimate of drug-likeness (QED) is 0.855. The summed E-state index contributed by atoms with van der Waals surface area (Å²) in [4.78, 5) is 23.9. The Labute approximate surface area is 114 Å². The molecule has 0 radical (unpaired) electrons. The number of hydrogen-bond donors (Lipinski definition) is 2. The topological polar surface area (TPSA) is 94.3 Å². The van der Waals surface area contributed by atoms with Crippen LogP contribution in [0.4, 0.5) is 5.00 Å².